The molecular weight excluding hydrogens is 192 g/mol. The van der Waals surface area contributed by atoms with Gasteiger partial charge < -0.3 is 10.1 Å². The second kappa shape index (κ2) is 3.05. The number of nitrogens with zero attached hydrogens (tertiary/aromatic N) is 1. The van der Waals surface area contributed by atoms with Gasteiger partial charge in [-0.25, -0.2) is 4.48 Å². The highest BCUT2D eigenvalue weighted by Crippen LogP contribution is 2.60. The van der Waals surface area contributed by atoms with Crippen molar-refractivity contribution in [2.24, 2.45) is 0 Å². The molecule has 4 nitrogen and oxygen atoms in total. The SMILES string of the molecule is O=CNc1cc[c]c2c1[N+]21CCOCC1. The molecule has 0 atom stereocenters. The van der Waals surface area contributed by atoms with E-state index in [4.69, 9.17) is 4.74 Å². The first-order chi connectivity index (χ1) is 7.38. The van der Waals surface area contributed by atoms with E-state index in [-0.39, 0.29) is 0 Å². The van der Waals surface area contributed by atoms with Crippen molar-refractivity contribution in [3.05, 3.63) is 18.2 Å². The van der Waals surface area contributed by atoms with Gasteiger partial charge in [-0.3, -0.25) is 4.79 Å². The molecule has 1 aromatic carbocycles. The van der Waals surface area contributed by atoms with E-state index in [0.717, 1.165) is 42.9 Å². The van der Waals surface area contributed by atoms with E-state index >= 15 is 0 Å². The summed E-state index contributed by atoms with van der Waals surface area (Å²) >= 11 is 0. The summed E-state index contributed by atoms with van der Waals surface area (Å²) in [5.41, 5.74) is 3.35. The molecule has 0 bridgehead atoms. The lowest BCUT2D eigenvalue weighted by molar-refractivity contribution is -0.105. The molecule has 4 heteroatoms. The smallest absolute Gasteiger partial charge is 0.224 e. The molecule has 1 spiro atoms. The van der Waals surface area contributed by atoms with Crippen LogP contribution >= 0.6 is 0 Å². The highest BCUT2D eigenvalue weighted by atomic mass is 16.5. The Morgan fingerprint density at radius 2 is 2.27 bits per heavy atom. The van der Waals surface area contributed by atoms with E-state index < -0.39 is 0 Å². The van der Waals surface area contributed by atoms with E-state index in [1.807, 2.05) is 12.1 Å². The number of hydrogen-bond acceptors (Lipinski definition) is 2. The minimum atomic E-state index is 0.727. The molecule has 0 saturated carbocycles. The Kier molecular flexibility index (Phi) is 1.81. The van der Waals surface area contributed by atoms with Crippen LogP contribution < -0.4 is 9.80 Å². The first-order valence-electron chi connectivity index (χ1n) is 5.09. The number of benzene rings is 1. The van der Waals surface area contributed by atoms with E-state index in [2.05, 4.69) is 11.4 Å². The average molecular weight is 204 g/mol. The number of quaternary nitrogens is 1. The van der Waals surface area contributed by atoms with Gasteiger partial charge in [-0.15, -0.1) is 0 Å². The predicted octanol–water partition coefficient (Wildman–Crippen LogP) is 1.04. The van der Waals surface area contributed by atoms with Crippen LogP contribution in [0.15, 0.2) is 12.1 Å². The molecule has 2 heterocycles. The molecule has 1 radical (unpaired) electrons. The van der Waals surface area contributed by atoms with Crippen LogP contribution in [-0.4, -0.2) is 32.7 Å². The Balaban J connectivity index is 1.97. The highest BCUT2D eigenvalue weighted by molar-refractivity contribution is 5.99. The lowest BCUT2D eigenvalue weighted by atomic mass is 10.3. The fraction of sp³-hybridized carbons (Fsp3) is 0.364. The first-order valence-corrected chi connectivity index (χ1v) is 5.09. The monoisotopic (exact) mass is 204 g/mol. The summed E-state index contributed by atoms with van der Waals surface area (Å²) in [7, 11) is 0. The number of ether oxygens (including phenoxy) is 1. The molecule has 3 rings (SSSR count). The van der Waals surface area contributed by atoms with Crippen LogP contribution in [0.2, 0.25) is 0 Å². The van der Waals surface area contributed by atoms with E-state index in [1.54, 1.807) is 0 Å². The van der Waals surface area contributed by atoms with Gasteiger partial charge in [-0.05, 0) is 12.1 Å². The fourth-order valence-corrected chi connectivity index (χ4v) is 2.43. The van der Waals surface area contributed by atoms with Crippen LogP contribution in [0.1, 0.15) is 0 Å². The van der Waals surface area contributed by atoms with Crippen molar-refractivity contribution in [3.8, 4) is 0 Å². The molecule has 2 aliphatic heterocycles. The van der Waals surface area contributed by atoms with Crippen LogP contribution in [0.3, 0.4) is 0 Å². The van der Waals surface area contributed by atoms with Crippen molar-refractivity contribution < 1.29 is 9.53 Å². The van der Waals surface area contributed by atoms with Gasteiger partial charge in [0.1, 0.15) is 18.8 Å². The third-order valence-corrected chi connectivity index (χ3v) is 3.20. The number of anilines is 1. The number of rotatable bonds is 2. The van der Waals surface area contributed by atoms with Crippen molar-refractivity contribution in [2.45, 2.75) is 0 Å². The predicted molar refractivity (Wildman–Crippen MR) is 57.0 cm³/mol. The molecule has 1 amide bonds. The number of morpholine rings is 1. The summed E-state index contributed by atoms with van der Waals surface area (Å²) in [6.45, 7) is 3.48. The number of nitrogens with one attached hydrogen (secondary N) is 1. The molecule has 1 saturated heterocycles. The zero-order valence-electron chi connectivity index (χ0n) is 8.32. The molecule has 1 aromatic rings. The Morgan fingerprint density at radius 3 is 3.00 bits per heavy atom. The molecular formula is C11H12N2O2+. The molecule has 77 valence electrons. The molecule has 1 N–H and O–H groups in total. The second-order valence-electron chi connectivity index (χ2n) is 3.88. The van der Waals surface area contributed by atoms with Gasteiger partial charge in [0.15, 0.2) is 0 Å². The summed E-state index contributed by atoms with van der Waals surface area (Å²) in [6, 6.07) is 7.01. The Labute approximate surface area is 88.0 Å². The maximum absolute atomic E-state index is 10.5. The highest BCUT2D eigenvalue weighted by Gasteiger charge is 2.56. The lowest BCUT2D eigenvalue weighted by Crippen LogP contribution is -2.42. The van der Waals surface area contributed by atoms with Crippen LogP contribution in [-0.2, 0) is 9.53 Å². The van der Waals surface area contributed by atoms with E-state index in [0.29, 0.717) is 0 Å². The summed E-state index contributed by atoms with van der Waals surface area (Å²) in [4.78, 5) is 10.5. The minimum Gasteiger partial charge on any atom is -0.370 e. The quantitative estimate of drug-likeness (QED) is 0.444. The van der Waals surface area contributed by atoms with Crippen LogP contribution in [0.25, 0.3) is 0 Å². The molecule has 2 aliphatic rings. The van der Waals surface area contributed by atoms with Gasteiger partial charge in [0, 0.05) is 0 Å². The zero-order valence-corrected chi connectivity index (χ0v) is 8.32. The summed E-state index contributed by atoms with van der Waals surface area (Å²) in [6.07, 6.45) is 0.727. The number of fused-ring (bicyclic) bond motifs is 3. The van der Waals surface area contributed by atoms with Crippen LogP contribution in [0, 0.1) is 6.07 Å². The van der Waals surface area contributed by atoms with Gasteiger partial charge in [-0.1, -0.05) is 0 Å². The van der Waals surface area contributed by atoms with Gasteiger partial charge in [0.05, 0.1) is 19.3 Å². The third-order valence-electron chi connectivity index (χ3n) is 3.20. The number of hydrogen-bond donors (Lipinski definition) is 1. The molecule has 0 unspecified atom stereocenters. The minimum absolute atomic E-state index is 0.727. The van der Waals surface area contributed by atoms with Gasteiger partial charge in [0.2, 0.25) is 17.8 Å². The Bertz CT molecular complexity index is 411. The Hall–Kier alpha value is -1.39. The maximum Gasteiger partial charge on any atom is 0.224 e. The molecule has 15 heavy (non-hydrogen) atoms. The van der Waals surface area contributed by atoms with Crippen molar-refractivity contribution in [1.29, 1.82) is 0 Å². The maximum atomic E-state index is 10.5. The first kappa shape index (κ1) is 8.88. The average Bonchev–Trinajstić information content (AvgIpc) is 2.89. The molecule has 1 fully saturated rings. The van der Waals surface area contributed by atoms with Gasteiger partial charge >= 0.3 is 0 Å². The van der Waals surface area contributed by atoms with Gasteiger partial charge in [-0.2, -0.15) is 0 Å². The number of carbonyl (C=O) groups excluding carboxylic acids is 1. The standard InChI is InChI=1S/C11H11N2O2/c14-8-12-9-2-1-3-10-11(9)13(10)4-6-15-7-5-13/h1-2,8H,4-7H2/p+1. The van der Waals surface area contributed by atoms with Crippen molar-refractivity contribution in [3.63, 3.8) is 0 Å². The third kappa shape index (κ3) is 1.12. The van der Waals surface area contributed by atoms with Crippen LogP contribution in [0.5, 0.6) is 0 Å². The van der Waals surface area contributed by atoms with Crippen molar-refractivity contribution in [2.75, 3.05) is 31.6 Å². The van der Waals surface area contributed by atoms with Crippen molar-refractivity contribution in [1.82, 2.24) is 4.48 Å². The zero-order chi connectivity index (χ0) is 10.3. The van der Waals surface area contributed by atoms with E-state index in [1.165, 1.54) is 11.4 Å². The van der Waals surface area contributed by atoms with Crippen molar-refractivity contribution >= 4 is 23.5 Å². The number of amides is 1. The topological polar surface area (TPSA) is 38.3 Å². The summed E-state index contributed by atoms with van der Waals surface area (Å²) in [5.74, 6) is 0. The largest absolute Gasteiger partial charge is 0.370 e. The van der Waals surface area contributed by atoms with E-state index in [9.17, 15) is 4.79 Å². The Morgan fingerprint density at radius 1 is 1.47 bits per heavy atom. The molecule has 0 aromatic heterocycles. The normalized spacial score (nSPS) is 20.8. The summed E-state index contributed by atoms with van der Waals surface area (Å²) in [5, 5.41) is 2.74. The fourth-order valence-electron chi connectivity index (χ4n) is 2.43. The second-order valence-corrected chi connectivity index (χ2v) is 3.88. The summed E-state index contributed by atoms with van der Waals surface area (Å²) < 4.78 is 6.22. The van der Waals surface area contributed by atoms with Gasteiger partial charge in [0.25, 0.3) is 0 Å². The molecule has 0 aliphatic carbocycles. The van der Waals surface area contributed by atoms with Crippen LogP contribution in [0.4, 0.5) is 17.1 Å². The number of carbonyl (C=O) groups is 1. The lowest BCUT2D eigenvalue weighted by Gasteiger charge is -2.23.